The highest BCUT2D eigenvalue weighted by Crippen LogP contribution is 2.40. The summed E-state index contributed by atoms with van der Waals surface area (Å²) in [4.78, 5) is 11.3. The summed E-state index contributed by atoms with van der Waals surface area (Å²) >= 11 is 0. The van der Waals surface area contributed by atoms with Crippen molar-refractivity contribution in [2.75, 3.05) is 0 Å². The van der Waals surface area contributed by atoms with Crippen molar-refractivity contribution >= 4 is 5.97 Å². The number of hydrogen-bond donors (Lipinski definition) is 2. The van der Waals surface area contributed by atoms with Crippen LogP contribution in [-0.4, -0.2) is 11.1 Å². The van der Waals surface area contributed by atoms with Crippen molar-refractivity contribution in [3.8, 4) is 0 Å². The van der Waals surface area contributed by atoms with Crippen LogP contribution in [0.4, 0.5) is 0 Å². The molecule has 4 heteroatoms. The summed E-state index contributed by atoms with van der Waals surface area (Å²) in [5.74, 6) is 1.06. The maximum Gasteiger partial charge on any atom is 0.339 e. The second-order valence-corrected chi connectivity index (χ2v) is 4.63. The molecule has 0 unspecified atom stereocenters. The molecule has 0 atom stereocenters. The fourth-order valence-electron chi connectivity index (χ4n) is 2.87. The van der Waals surface area contributed by atoms with Gasteiger partial charge in [-0.15, -0.1) is 0 Å². The molecule has 4 nitrogen and oxygen atoms in total. The first kappa shape index (κ1) is 9.90. The van der Waals surface area contributed by atoms with Gasteiger partial charge in [-0.3, -0.25) is 0 Å². The lowest BCUT2D eigenvalue weighted by Gasteiger charge is -2.07. The van der Waals surface area contributed by atoms with E-state index in [0.29, 0.717) is 24.6 Å². The Bertz CT molecular complexity index is 430. The number of rotatable bonds is 2. The zero-order chi connectivity index (χ0) is 11.1. The van der Waals surface area contributed by atoms with E-state index >= 15 is 0 Å². The van der Waals surface area contributed by atoms with E-state index < -0.39 is 5.97 Å². The van der Waals surface area contributed by atoms with Crippen LogP contribution in [-0.2, 0) is 13.1 Å². The summed E-state index contributed by atoms with van der Waals surface area (Å²) in [6.07, 6.45) is 4.51. The molecule has 16 heavy (non-hydrogen) atoms. The SMILES string of the molecule is O=C(O)c1c(C2CCCC2)oc2c1CNC2. The monoisotopic (exact) mass is 221 g/mol. The molecule has 0 spiro atoms. The van der Waals surface area contributed by atoms with Crippen LogP contribution < -0.4 is 5.32 Å². The predicted molar refractivity (Wildman–Crippen MR) is 57.4 cm³/mol. The summed E-state index contributed by atoms with van der Waals surface area (Å²) < 4.78 is 5.76. The summed E-state index contributed by atoms with van der Waals surface area (Å²) in [5.41, 5.74) is 1.31. The van der Waals surface area contributed by atoms with Crippen LogP contribution in [0.25, 0.3) is 0 Å². The Labute approximate surface area is 93.6 Å². The molecule has 86 valence electrons. The normalized spacial score (nSPS) is 20.2. The fourth-order valence-corrected chi connectivity index (χ4v) is 2.87. The van der Waals surface area contributed by atoms with Gasteiger partial charge in [-0.25, -0.2) is 4.79 Å². The second kappa shape index (κ2) is 3.63. The van der Waals surface area contributed by atoms with Crippen LogP contribution in [0.15, 0.2) is 4.42 Å². The van der Waals surface area contributed by atoms with Crippen molar-refractivity contribution < 1.29 is 14.3 Å². The van der Waals surface area contributed by atoms with Gasteiger partial charge in [0.2, 0.25) is 0 Å². The number of carbonyl (C=O) groups is 1. The molecule has 2 aliphatic rings. The Morgan fingerprint density at radius 2 is 2.06 bits per heavy atom. The molecule has 2 heterocycles. The summed E-state index contributed by atoms with van der Waals surface area (Å²) in [7, 11) is 0. The van der Waals surface area contributed by atoms with Crippen LogP contribution >= 0.6 is 0 Å². The van der Waals surface area contributed by atoms with Gasteiger partial charge in [0.05, 0.1) is 6.54 Å². The first-order valence-electron chi connectivity index (χ1n) is 5.86. The number of carboxylic acid groups (broad SMARTS) is 1. The third kappa shape index (κ3) is 1.37. The molecule has 1 saturated carbocycles. The standard InChI is InChI=1S/C12H15NO3/c14-12(15)10-8-5-13-6-9(8)16-11(10)7-3-1-2-4-7/h7,13H,1-6H2,(H,14,15). The molecule has 1 aromatic heterocycles. The topological polar surface area (TPSA) is 62.5 Å². The Hall–Kier alpha value is -1.29. The van der Waals surface area contributed by atoms with Gasteiger partial charge in [-0.2, -0.15) is 0 Å². The zero-order valence-corrected chi connectivity index (χ0v) is 9.08. The maximum atomic E-state index is 11.3. The zero-order valence-electron chi connectivity index (χ0n) is 9.08. The minimum absolute atomic E-state index is 0.330. The highest BCUT2D eigenvalue weighted by Gasteiger charge is 2.32. The van der Waals surface area contributed by atoms with Gasteiger partial charge in [-0.05, 0) is 12.8 Å². The van der Waals surface area contributed by atoms with Crippen molar-refractivity contribution in [2.24, 2.45) is 0 Å². The molecule has 0 saturated heterocycles. The summed E-state index contributed by atoms with van der Waals surface area (Å²) in [6.45, 7) is 1.30. The highest BCUT2D eigenvalue weighted by molar-refractivity contribution is 5.91. The average Bonchev–Trinajstić information content (AvgIpc) is 2.92. The Balaban J connectivity index is 2.06. The molecule has 1 aromatic rings. The maximum absolute atomic E-state index is 11.3. The van der Waals surface area contributed by atoms with Gasteiger partial charge in [0.1, 0.15) is 17.1 Å². The lowest BCUT2D eigenvalue weighted by molar-refractivity contribution is 0.0692. The van der Waals surface area contributed by atoms with Crippen LogP contribution in [0.5, 0.6) is 0 Å². The van der Waals surface area contributed by atoms with Gasteiger partial charge in [0, 0.05) is 18.0 Å². The van der Waals surface area contributed by atoms with Crippen LogP contribution in [0, 0.1) is 0 Å². The number of fused-ring (bicyclic) bond motifs is 1. The molecular weight excluding hydrogens is 206 g/mol. The number of furan rings is 1. The van der Waals surface area contributed by atoms with E-state index in [-0.39, 0.29) is 0 Å². The van der Waals surface area contributed by atoms with Gasteiger partial charge >= 0.3 is 5.97 Å². The molecular formula is C12H15NO3. The molecule has 1 fully saturated rings. The second-order valence-electron chi connectivity index (χ2n) is 4.63. The molecule has 0 radical (unpaired) electrons. The first-order valence-corrected chi connectivity index (χ1v) is 5.86. The quantitative estimate of drug-likeness (QED) is 0.804. The molecule has 0 aromatic carbocycles. The third-order valence-electron chi connectivity index (χ3n) is 3.65. The Morgan fingerprint density at radius 1 is 1.31 bits per heavy atom. The molecule has 1 aliphatic heterocycles. The van der Waals surface area contributed by atoms with Crippen molar-refractivity contribution in [1.82, 2.24) is 5.32 Å². The number of aromatic carboxylic acids is 1. The van der Waals surface area contributed by atoms with Crippen molar-refractivity contribution in [3.05, 3.63) is 22.6 Å². The lowest BCUT2D eigenvalue weighted by Crippen LogP contribution is -2.08. The smallest absolute Gasteiger partial charge is 0.339 e. The molecule has 1 aliphatic carbocycles. The van der Waals surface area contributed by atoms with E-state index in [0.717, 1.165) is 29.9 Å². The van der Waals surface area contributed by atoms with Gasteiger partial charge in [0.15, 0.2) is 0 Å². The fraction of sp³-hybridized carbons (Fsp3) is 0.583. The van der Waals surface area contributed by atoms with Crippen LogP contribution in [0.2, 0.25) is 0 Å². The Kier molecular flexibility index (Phi) is 2.24. The minimum atomic E-state index is -0.837. The Morgan fingerprint density at radius 3 is 2.75 bits per heavy atom. The van der Waals surface area contributed by atoms with Crippen LogP contribution in [0.3, 0.4) is 0 Å². The lowest BCUT2D eigenvalue weighted by atomic mass is 9.99. The van der Waals surface area contributed by atoms with Crippen molar-refractivity contribution in [2.45, 2.75) is 44.7 Å². The highest BCUT2D eigenvalue weighted by atomic mass is 16.4. The van der Waals surface area contributed by atoms with E-state index in [1.54, 1.807) is 0 Å². The van der Waals surface area contributed by atoms with Gasteiger partial charge in [-0.1, -0.05) is 12.8 Å². The van der Waals surface area contributed by atoms with E-state index in [2.05, 4.69) is 5.32 Å². The first-order chi connectivity index (χ1) is 7.77. The molecule has 0 amide bonds. The number of nitrogens with one attached hydrogen (secondary N) is 1. The predicted octanol–water partition coefficient (Wildman–Crippen LogP) is 2.24. The van der Waals surface area contributed by atoms with E-state index in [1.165, 1.54) is 12.8 Å². The molecule has 0 bridgehead atoms. The number of carboxylic acids is 1. The van der Waals surface area contributed by atoms with Crippen molar-refractivity contribution in [3.63, 3.8) is 0 Å². The number of hydrogen-bond acceptors (Lipinski definition) is 3. The van der Waals surface area contributed by atoms with Gasteiger partial charge < -0.3 is 14.8 Å². The minimum Gasteiger partial charge on any atom is -0.478 e. The van der Waals surface area contributed by atoms with Gasteiger partial charge in [0.25, 0.3) is 0 Å². The molecule has 3 rings (SSSR count). The third-order valence-corrected chi connectivity index (χ3v) is 3.65. The summed E-state index contributed by atoms with van der Waals surface area (Å²) in [5, 5.41) is 12.4. The van der Waals surface area contributed by atoms with E-state index in [9.17, 15) is 9.90 Å². The largest absolute Gasteiger partial charge is 0.478 e. The summed E-state index contributed by atoms with van der Waals surface area (Å²) in [6, 6.07) is 0. The van der Waals surface area contributed by atoms with E-state index in [1.807, 2.05) is 0 Å². The molecule has 2 N–H and O–H groups in total. The average molecular weight is 221 g/mol. The van der Waals surface area contributed by atoms with Crippen LogP contribution in [0.1, 0.15) is 59.0 Å². The van der Waals surface area contributed by atoms with Crippen molar-refractivity contribution in [1.29, 1.82) is 0 Å². The van der Waals surface area contributed by atoms with E-state index in [4.69, 9.17) is 4.42 Å².